The molecule has 76 valence electrons. The lowest BCUT2D eigenvalue weighted by molar-refractivity contribution is 0.0596. The number of hydrogen-bond donors (Lipinski definition) is 1. The number of nitrogens with zero attached hydrogens (tertiary/aromatic N) is 2. The lowest BCUT2D eigenvalue weighted by Crippen LogP contribution is -2.01. The third-order valence-electron chi connectivity index (χ3n) is 2.06. The Balaban J connectivity index is 2.66. The van der Waals surface area contributed by atoms with E-state index in [1.165, 1.54) is 7.11 Å². The molecule has 0 spiro atoms. The van der Waals surface area contributed by atoms with Gasteiger partial charge in [-0.05, 0) is 11.6 Å². The van der Waals surface area contributed by atoms with Gasteiger partial charge in [-0.15, -0.1) is 0 Å². The SMILES string of the molecule is C=Cc1cnc2n[nH]c(C(=O)OC)c2c1. The highest BCUT2D eigenvalue weighted by Gasteiger charge is 2.14. The minimum absolute atomic E-state index is 0.309. The molecule has 0 aliphatic heterocycles. The van der Waals surface area contributed by atoms with Crippen molar-refractivity contribution >= 4 is 23.1 Å². The number of methoxy groups -OCH3 is 1. The molecule has 5 heteroatoms. The van der Waals surface area contributed by atoms with Gasteiger partial charge < -0.3 is 4.74 Å². The quantitative estimate of drug-likeness (QED) is 0.749. The van der Waals surface area contributed by atoms with Crippen molar-refractivity contribution in [2.75, 3.05) is 7.11 Å². The Morgan fingerprint density at radius 1 is 1.67 bits per heavy atom. The number of nitrogens with one attached hydrogen (secondary N) is 1. The monoisotopic (exact) mass is 203 g/mol. The fourth-order valence-corrected chi connectivity index (χ4v) is 1.29. The number of carbonyl (C=O) groups is 1. The third kappa shape index (κ3) is 1.48. The van der Waals surface area contributed by atoms with Crippen molar-refractivity contribution in [2.24, 2.45) is 0 Å². The second kappa shape index (κ2) is 3.53. The van der Waals surface area contributed by atoms with Crippen molar-refractivity contribution in [1.82, 2.24) is 15.2 Å². The van der Waals surface area contributed by atoms with E-state index in [2.05, 4.69) is 26.5 Å². The van der Waals surface area contributed by atoms with Crippen LogP contribution in [0.1, 0.15) is 16.1 Å². The normalized spacial score (nSPS) is 10.2. The summed E-state index contributed by atoms with van der Waals surface area (Å²) in [4.78, 5) is 15.4. The van der Waals surface area contributed by atoms with Crippen molar-refractivity contribution in [2.45, 2.75) is 0 Å². The van der Waals surface area contributed by atoms with Gasteiger partial charge in [-0.1, -0.05) is 12.7 Å². The lowest BCUT2D eigenvalue weighted by atomic mass is 10.2. The number of ether oxygens (including phenoxy) is 1. The van der Waals surface area contributed by atoms with Crippen molar-refractivity contribution in [3.05, 3.63) is 30.1 Å². The predicted molar refractivity (Wildman–Crippen MR) is 55.3 cm³/mol. The number of esters is 1. The summed E-state index contributed by atoms with van der Waals surface area (Å²) in [6.07, 6.45) is 3.29. The molecule has 0 amide bonds. The van der Waals surface area contributed by atoms with Crippen LogP contribution in [0, 0.1) is 0 Å². The average molecular weight is 203 g/mol. The van der Waals surface area contributed by atoms with Crippen molar-refractivity contribution in [1.29, 1.82) is 0 Å². The molecule has 2 rings (SSSR count). The van der Waals surface area contributed by atoms with Gasteiger partial charge >= 0.3 is 5.97 Å². The topological polar surface area (TPSA) is 67.9 Å². The first-order chi connectivity index (χ1) is 7.26. The van der Waals surface area contributed by atoms with Crippen molar-refractivity contribution in [3.8, 4) is 0 Å². The van der Waals surface area contributed by atoms with Gasteiger partial charge in [0.15, 0.2) is 11.3 Å². The Bertz CT molecular complexity index is 530. The number of aromatic amines is 1. The van der Waals surface area contributed by atoms with Gasteiger partial charge in [-0.25, -0.2) is 9.78 Å². The Labute approximate surface area is 85.8 Å². The van der Waals surface area contributed by atoms with Crippen LogP contribution in [0.5, 0.6) is 0 Å². The Morgan fingerprint density at radius 2 is 2.47 bits per heavy atom. The molecule has 0 fully saturated rings. The molecule has 15 heavy (non-hydrogen) atoms. The Hall–Kier alpha value is -2.17. The first-order valence-electron chi connectivity index (χ1n) is 4.31. The first kappa shape index (κ1) is 9.39. The standard InChI is InChI=1S/C10H9N3O2/c1-3-6-4-7-8(10(14)15-2)12-13-9(7)11-5-6/h3-5H,1H2,2H3,(H,11,12,13). The number of pyridine rings is 1. The van der Waals surface area contributed by atoms with Crippen molar-refractivity contribution in [3.63, 3.8) is 0 Å². The molecule has 2 aromatic rings. The first-order valence-corrected chi connectivity index (χ1v) is 4.31. The molecular formula is C10H9N3O2. The van der Waals surface area contributed by atoms with Crippen molar-refractivity contribution < 1.29 is 9.53 Å². The average Bonchev–Trinajstić information content (AvgIpc) is 2.70. The van der Waals surface area contributed by atoms with E-state index in [4.69, 9.17) is 0 Å². The summed E-state index contributed by atoms with van der Waals surface area (Å²) in [6.45, 7) is 3.63. The molecule has 0 atom stereocenters. The molecule has 0 bridgehead atoms. The summed E-state index contributed by atoms with van der Waals surface area (Å²) in [5, 5.41) is 7.12. The van der Waals surface area contributed by atoms with Crippen LogP contribution in [-0.4, -0.2) is 28.3 Å². The van der Waals surface area contributed by atoms with Gasteiger partial charge in [0.2, 0.25) is 0 Å². The van der Waals surface area contributed by atoms with Gasteiger partial charge in [0.05, 0.1) is 12.5 Å². The van der Waals surface area contributed by atoms with Gasteiger partial charge in [-0.3, -0.25) is 5.10 Å². The van der Waals surface area contributed by atoms with E-state index in [0.29, 0.717) is 16.7 Å². The van der Waals surface area contributed by atoms with E-state index in [1.807, 2.05) is 0 Å². The zero-order valence-electron chi connectivity index (χ0n) is 8.15. The minimum Gasteiger partial charge on any atom is -0.464 e. The third-order valence-corrected chi connectivity index (χ3v) is 2.06. The second-order valence-electron chi connectivity index (χ2n) is 2.93. The Kier molecular flexibility index (Phi) is 2.21. The molecule has 1 N–H and O–H groups in total. The fourth-order valence-electron chi connectivity index (χ4n) is 1.29. The van der Waals surface area contributed by atoms with Crippen LogP contribution in [0.15, 0.2) is 18.8 Å². The lowest BCUT2D eigenvalue weighted by Gasteiger charge is -1.96. The second-order valence-corrected chi connectivity index (χ2v) is 2.93. The maximum Gasteiger partial charge on any atom is 0.356 e. The molecule has 0 aliphatic rings. The van der Waals surface area contributed by atoms with Crippen LogP contribution in [0.2, 0.25) is 0 Å². The van der Waals surface area contributed by atoms with E-state index in [0.717, 1.165) is 5.56 Å². The minimum atomic E-state index is -0.458. The summed E-state index contributed by atoms with van der Waals surface area (Å²) in [7, 11) is 1.32. The van der Waals surface area contributed by atoms with E-state index in [1.54, 1.807) is 18.3 Å². The van der Waals surface area contributed by atoms with Crippen LogP contribution >= 0.6 is 0 Å². The number of H-pyrrole nitrogens is 1. The summed E-state index contributed by atoms with van der Waals surface area (Å²) >= 11 is 0. The zero-order valence-corrected chi connectivity index (χ0v) is 8.15. The Morgan fingerprint density at radius 3 is 3.13 bits per heavy atom. The van der Waals surface area contributed by atoms with Crippen LogP contribution < -0.4 is 0 Å². The summed E-state index contributed by atoms with van der Waals surface area (Å²) in [5.74, 6) is -0.458. The zero-order chi connectivity index (χ0) is 10.8. The maximum absolute atomic E-state index is 11.3. The van der Waals surface area contributed by atoms with E-state index in [9.17, 15) is 4.79 Å². The molecule has 2 heterocycles. The summed E-state index contributed by atoms with van der Waals surface area (Å²) < 4.78 is 4.61. The van der Waals surface area contributed by atoms with E-state index in [-0.39, 0.29) is 0 Å². The van der Waals surface area contributed by atoms with Crippen LogP contribution in [-0.2, 0) is 4.74 Å². The van der Waals surface area contributed by atoms with E-state index < -0.39 is 5.97 Å². The molecular weight excluding hydrogens is 194 g/mol. The van der Waals surface area contributed by atoms with E-state index >= 15 is 0 Å². The highest BCUT2D eigenvalue weighted by Crippen LogP contribution is 2.16. The fraction of sp³-hybridized carbons (Fsp3) is 0.100. The van der Waals surface area contributed by atoms with Gasteiger partial charge in [0.1, 0.15) is 0 Å². The molecule has 0 saturated heterocycles. The molecule has 0 aromatic carbocycles. The highest BCUT2D eigenvalue weighted by molar-refractivity contribution is 6.01. The highest BCUT2D eigenvalue weighted by atomic mass is 16.5. The largest absolute Gasteiger partial charge is 0.464 e. The molecule has 0 radical (unpaired) electrons. The van der Waals surface area contributed by atoms with Crippen LogP contribution in [0.25, 0.3) is 17.1 Å². The molecule has 5 nitrogen and oxygen atoms in total. The molecule has 0 saturated carbocycles. The molecule has 2 aromatic heterocycles. The van der Waals surface area contributed by atoms with Gasteiger partial charge in [-0.2, -0.15) is 5.10 Å². The number of rotatable bonds is 2. The number of aromatic nitrogens is 3. The van der Waals surface area contributed by atoms with Crippen LogP contribution in [0.4, 0.5) is 0 Å². The predicted octanol–water partition coefficient (Wildman–Crippen LogP) is 1.39. The maximum atomic E-state index is 11.3. The smallest absolute Gasteiger partial charge is 0.356 e. The van der Waals surface area contributed by atoms with Gasteiger partial charge in [0, 0.05) is 6.20 Å². The van der Waals surface area contributed by atoms with Gasteiger partial charge in [0.25, 0.3) is 0 Å². The summed E-state index contributed by atoms with van der Waals surface area (Å²) in [5.41, 5.74) is 1.62. The number of hydrogen-bond acceptors (Lipinski definition) is 4. The number of fused-ring (bicyclic) bond motifs is 1. The summed E-state index contributed by atoms with van der Waals surface area (Å²) in [6, 6.07) is 1.78. The number of carbonyl (C=O) groups excluding carboxylic acids is 1. The molecule has 0 unspecified atom stereocenters. The van der Waals surface area contributed by atoms with Crippen LogP contribution in [0.3, 0.4) is 0 Å². The molecule has 0 aliphatic carbocycles.